The van der Waals surface area contributed by atoms with Crippen molar-refractivity contribution < 1.29 is 34.4 Å². The van der Waals surface area contributed by atoms with Crippen LogP contribution in [0.5, 0.6) is 0 Å². The van der Waals surface area contributed by atoms with Crippen LogP contribution in [0.3, 0.4) is 0 Å². The Morgan fingerprint density at radius 2 is 2.25 bits per heavy atom. The fraction of sp³-hybridized carbons (Fsp3) is 1.00. The molecule has 2 N–H and O–H groups in total. The first kappa shape index (κ1) is 8.59. The molecule has 0 aliphatic rings. The van der Waals surface area contributed by atoms with Gasteiger partial charge in [0.15, 0.2) is 0 Å². The Morgan fingerprint density at radius 1 is 1.62 bits per heavy atom. The third-order valence-corrected chi connectivity index (χ3v) is 0.998. The molecule has 0 saturated carbocycles. The number of aliphatic hydroxyl groups excluding tert-OH is 2. The van der Waals surface area contributed by atoms with Crippen molar-refractivity contribution in [3.05, 3.63) is 0 Å². The van der Waals surface area contributed by atoms with Gasteiger partial charge in [-0.15, -0.1) is 0 Å². The van der Waals surface area contributed by atoms with Gasteiger partial charge in [0.1, 0.15) is 0 Å². The molecule has 0 heterocycles. The SMILES string of the molecule is OCCC(O)C[O][Ti]. The zero-order valence-corrected chi connectivity index (χ0v) is 6.06. The molecule has 0 aromatic carbocycles. The van der Waals surface area contributed by atoms with Crippen molar-refractivity contribution in [1.29, 1.82) is 0 Å². The Bertz CT molecular complexity index is 44.5. The van der Waals surface area contributed by atoms with Gasteiger partial charge in [0.25, 0.3) is 0 Å². The van der Waals surface area contributed by atoms with Crippen LogP contribution in [0.4, 0.5) is 0 Å². The van der Waals surface area contributed by atoms with Gasteiger partial charge in [-0.3, -0.25) is 0 Å². The molecule has 0 rings (SSSR count). The fourth-order valence-corrected chi connectivity index (χ4v) is 0.629. The first-order valence-corrected chi connectivity index (χ1v) is 3.02. The Hall–Kier alpha value is 0.594. The van der Waals surface area contributed by atoms with Crippen molar-refractivity contribution in [2.75, 3.05) is 13.2 Å². The van der Waals surface area contributed by atoms with Crippen LogP contribution in [0.2, 0.25) is 0 Å². The van der Waals surface area contributed by atoms with Crippen molar-refractivity contribution >= 4 is 0 Å². The average Bonchev–Trinajstić information content (AvgIpc) is 1.68. The molecule has 8 heavy (non-hydrogen) atoms. The van der Waals surface area contributed by atoms with Crippen LogP contribution in [-0.4, -0.2) is 29.5 Å². The summed E-state index contributed by atoms with van der Waals surface area (Å²) in [6.45, 7) is 0.324. The molecule has 0 aliphatic heterocycles. The van der Waals surface area contributed by atoms with Crippen molar-refractivity contribution in [3.63, 3.8) is 0 Å². The summed E-state index contributed by atoms with van der Waals surface area (Å²) in [7, 11) is 0. The second kappa shape index (κ2) is 5.73. The first-order chi connectivity index (χ1) is 3.81. The van der Waals surface area contributed by atoms with E-state index in [-0.39, 0.29) is 6.61 Å². The molecule has 0 aromatic heterocycles. The standard InChI is InChI=1S/C4H9O3.Ti/c5-2-1-4(7)3-6;/h4-5,7H,1-3H2;/q-1;+1. The van der Waals surface area contributed by atoms with Crippen molar-refractivity contribution in [3.8, 4) is 0 Å². The zero-order chi connectivity index (χ0) is 6.41. The average molecular weight is 153 g/mol. The second-order valence-electron chi connectivity index (χ2n) is 1.48. The van der Waals surface area contributed by atoms with E-state index < -0.39 is 6.10 Å². The molecule has 47 valence electrons. The second-order valence-corrected chi connectivity index (χ2v) is 1.93. The number of rotatable bonds is 4. The molecular formula is C4H9O3Ti. The van der Waals surface area contributed by atoms with Crippen LogP contribution in [0.15, 0.2) is 0 Å². The van der Waals surface area contributed by atoms with E-state index in [1.165, 1.54) is 20.8 Å². The summed E-state index contributed by atoms with van der Waals surface area (Å²) in [6.07, 6.45) is -0.113. The summed E-state index contributed by atoms with van der Waals surface area (Å²) in [5.41, 5.74) is 0. The van der Waals surface area contributed by atoms with E-state index in [0.29, 0.717) is 13.0 Å². The Labute approximate surface area is 60.5 Å². The van der Waals surface area contributed by atoms with Crippen LogP contribution in [-0.2, 0) is 24.1 Å². The van der Waals surface area contributed by atoms with E-state index in [9.17, 15) is 0 Å². The molecule has 0 radical (unpaired) electrons. The van der Waals surface area contributed by atoms with Crippen LogP contribution in [0.1, 0.15) is 6.42 Å². The quantitative estimate of drug-likeness (QED) is 0.520. The zero-order valence-electron chi connectivity index (χ0n) is 4.50. The monoisotopic (exact) mass is 153 g/mol. The molecule has 0 amide bonds. The van der Waals surface area contributed by atoms with E-state index >= 15 is 0 Å². The van der Waals surface area contributed by atoms with E-state index in [4.69, 9.17) is 10.2 Å². The number of hydrogen-bond donors (Lipinski definition) is 2. The molecule has 0 fully saturated rings. The van der Waals surface area contributed by atoms with Crippen molar-refractivity contribution in [1.82, 2.24) is 0 Å². The molecule has 0 saturated heterocycles. The molecule has 1 unspecified atom stereocenters. The number of aliphatic hydroxyl groups is 2. The molecule has 0 spiro atoms. The Kier molecular flexibility index (Phi) is 6.15. The topological polar surface area (TPSA) is 49.7 Å². The first-order valence-electron chi connectivity index (χ1n) is 2.38. The molecular weight excluding hydrogens is 144 g/mol. The predicted molar refractivity (Wildman–Crippen MR) is 23.7 cm³/mol. The van der Waals surface area contributed by atoms with E-state index in [1.54, 1.807) is 0 Å². The van der Waals surface area contributed by atoms with Crippen LogP contribution in [0, 0.1) is 0 Å². The Morgan fingerprint density at radius 3 is 2.62 bits per heavy atom. The minimum atomic E-state index is -0.509. The van der Waals surface area contributed by atoms with Crippen molar-refractivity contribution in [2.45, 2.75) is 12.5 Å². The van der Waals surface area contributed by atoms with Crippen molar-refractivity contribution in [2.24, 2.45) is 0 Å². The van der Waals surface area contributed by atoms with Crippen LogP contribution < -0.4 is 0 Å². The van der Waals surface area contributed by atoms with Gasteiger partial charge in [0.05, 0.1) is 0 Å². The van der Waals surface area contributed by atoms with E-state index in [0.717, 1.165) is 0 Å². The summed E-state index contributed by atoms with van der Waals surface area (Å²) in [4.78, 5) is 0. The van der Waals surface area contributed by atoms with Crippen LogP contribution >= 0.6 is 0 Å². The number of hydrogen-bond acceptors (Lipinski definition) is 3. The molecule has 0 bridgehead atoms. The summed E-state index contributed by atoms with van der Waals surface area (Å²) >= 11 is 1.51. The molecule has 0 aromatic rings. The maximum absolute atomic E-state index is 8.76. The van der Waals surface area contributed by atoms with Gasteiger partial charge in [-0.05, 0) is 0 Å². The van der Waals surface area contributed by atoms with Gasteiger partial charge in [0, 0.05) is 0 Å². The molecule has 4 heteroatoms. The van der Waals surface area contributed by atoms with Gasteiger partial charge in [-0.25, -0.2) is 0 Å². The fourth-order valence-electron chi connectivity index (χ4n) is 0.329. The van der Waals surface area contributed by atoms with Gasteiger partial charge >= 0.3 is 60.1 Å². The summed E-state index contributed by atoms with van der Waals surface area (Å²) in [6, 6.07) is 0. The normalized spacial score (nSPS) is 13.6. The minimum absolute atomic E-state index is 0.0184. The molecule has 0 aliphatic carbocycles. The Balaban J connectivity index is 2.92. The maximum atomic E-state index is 8.76. The summed E-state index contributed by atoms with van der Waals surface area (Å²) < 4.78 is 4.60. The van der Waals surface area contributed by atoms with E-state index in [1.807, 2.05) is 0 Å². The van der Waals surface area contributed by atoms with Gasteiger partial charge in [-0.1, -0.05) is 0 Å². The predicted octanol–water partition coefficient (Wildman–Crippen LogP) is -0.792. The van der Waals surface area contributed by atoms with Gasteiger partial charge in [-0.2, -0.15) is 0 Å². The van der Waals surface area contributed by atoms with Gasteiger partial charge in [0.2, 0.25) is 0 Å². The molecule has 1 atom stereocenters. The summed E-state index contributed by atoms with van der Waals surface area (Å²) in [5, 5.41) is 17.0. The van der Waals surface area contributed by atoms with E-state index in [2.05, 4.69) is 3.32 Å². The van der Waals surface area contributed by atoms with Crippen LogP contribution in [0.25, 0.3) is 0 Å². The molecule has 3 nitrogen and oxygen atoms in total. The third-order valence-electron chi connectivity index (χ3n) is 0.738. The van der Waals surface area contributed by atoms with Gasteiger partial charge < -0.3 is 0 Å². The summed E-state index contributed by atoms with van der Waals surface area (Å²) in [5.74, 6) is 0. The third kappa shape index (κ3) is 4.75.